The molecule has 0 saturated carbocycles. The summed E-state index contributed by atoms with van der Waals surface area (Å²) in [6, 6.07) is 5.78. The van der Waals surface area contributed by atoms with Crippen molar-refractivity contribution in [1.29, 1.82) is 0 Å². The molecule has 0 spiro atoms. The predicted octanol–water partition coefficient (Wildman–Crippen LogP) is 3.19. The van der Waals surface area contributed by atoms with E-state index in [1.54, 1.807) is 6.07 Å². The van der Waals surface area contributed by atoms with Crippen LogP contribution in [0.1, 0.15) is 19.3 Å². The van der Waals surface area contributed by atoms with Crippen molar-refractivity contribution in [2.24, 2.45) is 11.8 Å². The minimum atomic E-state index is -3.85. The molecule has 1 atom stereocenters. The fourth-order valence-corrected chi connectivity index (χ4v) is 7.01. The molecule has 1 aromatic carbocycles. The van der Waals surface area contributed by atoms with Crippen LogP contribution in [-0.4, -0.2) is 40.5 Å². The number of piperidine rings is 1. The zero-order valence-electron chi connectivity index (χ0n) is 14.5. The van der Waals surface area contributed by atoms with Crippen LogP contribution in [0.4, 0.5) is 0 Å². The first-order valence-corrected chi connectivity index (χ1v) is 12.2. The van der Waals surface area contributed by atoms with E-state index >= 15 is 0 Å². The molecule has 1 saturated heterocycles. The Morgan fingerprint density at radius 1 is 1.04 bits per heavy atom. The number of hydrogen-bond donors (Lipinski definition) is 0. The van der Waals surface area contributed by atoms with Crippen molar-refractivity contribution in [3.63, 3.8) is 0 Å². The molecule has 0 amide bonds. The Hall–Kier alpha value is -1.15. The molecular weight excluding hydrogens is 394 g/mol. The molecule has 1 aliphatic heterocycles. The Kier molecular flexibility index (Phi) is 5.63. The molecule has 142 valence electrons. The van der Waals surface area contributed by atoms with Crippen LogP contribution in [0.5, 0.6) is 0 Å². The average molecular weight is 416 g/mol. The van der Waals surface area contributed by atoms with Gasteiger partial charge in [0.2, 0.25) is 10.0 Å². The van der Waals surface area contributed by atoms with Crippen LogP contribution < -0.4 is 0 Å². The minimum Gasteiger partial charge on any atom is -0.224 e. The summed E-state index contributed by atoms with van der Waals surface area (Å²) >= 11 is 6.32. The third-order valence-corrected chi connectivity index (χ3v) is 8.63. The lowest BCUT2D eigenvalue weighted by Crippen LogP contribution is -2.40. The number of allylic oxidation sites excluding steroid dienone is 4. The maximum absolute atomic E-state index is 13.0. The molecule has 0 radical (unpaired) electrons. The van der Waals surface area contributed by atoms with Gasteiger partial charge in [-0.3, -0.25) is 0 Å². The second-order valence-corrected chi connectivity index (χ2v) is 11.1. The lowest BCUT2D eigenvalue weighted by Gasteiger charge is -2.35. The zero-order chi connectivity index (χ0) is 18.9. The molecule has 26 heavy (non-hydrogen) atoms. The van der Waals surface area contributed by atoms with E-state index in [1.165, 1.54) is 22.5 Å². The van der Waals surface area contributed by atoms with Crippen LogP contribution >= 0.6 is 11.6 Å². The first kappa shape index (κ1) is 19.6. The van der Waals surface area contributed by atoms with Crippen molar-refractivity contribution >= 4 is 31.5 Å². The van der Waals surface area contributed by atoms with E-state index in [0.717, 1.165) is 17.7 Å². The van der Waals surface area contributed by atoms with Crippen LogP contribution in [0, 0.1) is 11.8 Å². The highest BCUT2D eigenvalue weighted by Gasteiger charge is 2.35. The van der Waals surface area contributed by atoms with Crippen LogP contribution in [0.3, 0.4) is 0 Å². The van der Waals surface area contributed by atoms with Gasteiger partial charge in [-0.2, -0.15) is 4.31 Å². The highest BCUT2D eigenvalue weighted by Crippen LogP contribution is 2.36. The summed E-state index contributed by atoms with van der Waals surface area (Å²) in [4.78, 5) is -0.292. The Bertz CT molecular complexity index is 943. The molecular formula is C18H22ClNO4S2. The lowest BCUT2D eigenvalue weighted by molar-refractivity contribution is 0.248. The van der Waals surface area contributed by atoms with Gasteiger partial charge in [0.05, 0.1) is 4.90 Å². The first-order chi connectivity index (χ1) is 12.2. The van der Waals surface area contributed by atoms with Crippen LogP contribution in [-0.2, 0) is 19.9 Å². The van der Waals surface area contributed by atoms with Crippen LogP contribution in [0.25, 0.3) is 0 Å². The van der Waals surface area contributed by atoms with E-state index in [9.17, 15) is 16.8 Å². The van der Waals surface area contributed by atoms with Crippen molar-refractivity contribution in [2.45, 2.75) is 29.1 Å². The number of hydrogen-bond acceptors (Lipinski definition) is 4. The summed E-state index contributed by atoms with van der Waals surface area (Å²) in [6.45, 7) is 0.721. The molecule has 1 unspecified atom stereocenters. The van der Waals surface area contributed by atoms with Gasteiger partial charge in [0.15, 0.2) is 9.84 Å². The summed E-state index contributed by atoms with van der Waals surface area (Å²) in [5, 5.41) is 0.830. The highest BCUT2D eigenvalue weighted by molar-refractivity contribution is 7.93. The van der Waals surface area contributed by atoms with Crippen LogP contribution in [0.2, 0.25) is 0 Å². The fourth-order valence-electron chi connectivity index (χ4n) is 3.60. The van der Waals surface area contributed by atoms with Gasteiger partial charge in [0.25, 0.3) is 0 Å². The number of rotatable bonds is 4. The fraction of sp³-hybridized carbons (Fsp3) is 0.444. The number of sulfonamides is 1. The van der Waals surface area contributed by atoms with Gasteiger partial charge in [-0.05, 0) is 37.3 Å². The van der Waals surface area contributed by atoms with E-state index in [1.807, 2.05) is 6.08 Å². The van der Waals surface area contributed by atoms with Gasteiger partial charge in [0.1, 0.15) is 4.90 Å². The van der Waals surface area contributed by atoms with E-state index in [4.69, 9.17) is 11.6 Å². The van der Waals surface area contributed by atoms with Gasteiger partial charge < -0.3 is 0 Å². The highest BCUT2D eigenvalue weighted by atomic mass is 35.5. The standard InChI is InChI=1S/C18H22ClNO4S2/c1-25(21,22)17-8-4-5-9-18(17)26(23,24)20-12-10-14(11-13-20)15-6-2-3-7-16(15)19/h2,4-9,14-15H,3,10-13H2,1H3. The summed E-state index contributed by atoms with van der Waals surface area (Å²) in [5.74, 6) is 0.450. The monoisotopic (exact) mass is 415 g/mol. The van der Waals surface area contributed by atoms with Gasteiger partial charge in [0, 0.05) is 30.3 Å². The quantitative estimate of drug-likeness (QED) is 0.708. The number of nitrogens with zero attached hydrogens (tertiary/aromatic N) is 1. The van der Waals surface area contributed by atoms with E-state index < -0.39 is 19.9 Å². The first-order valence-electron chi connectivity index (χ1n) is 8.52. The molecule has 0 N–H and O–H groups in total. The molecule has 0 bridgehead atoms. The minimum absolute atomic E-state index is 0.142. The Balaban J connectivity index is 1.80. The molecule has 1 aromatic rings. The predicted molar refractivity (Wildman–Crippen MR) is 102 cm³/mol. The van der Waals surface area contributed by atoms with Crippen molar-refractivity contribution in [2.75, 3.05) is 19.3 Å². The molecule has 5 nitrogen and oxygen atoms in total. The van der Waals surface area contributed by atoms with Crippen molar-refractivity contribution < 1.29 is 16.8 Å². The molecule has 1 heterocycles. The molecule has 0 aromatic heterocycles. The average Bonchev–Trinajstić information content (AvgIpc) is 2.61. The summed E-state index contributed by atoms with van der Waals surface area (Å²) in [7, 11) is -7.49. The maximum atomic E-state index is 13.0. The maximum Gasteiger partial charge on any atom is 0.244 e. The summed E-state index contributed by atoms with van der Waals surface area (Å²) in [6.07, 6.45) is 9.44. The van der Waals surface area contributed by atoms with Gasteiger partial charge in [-0.25, -0.2) is 16.8 Å². The van der Waals surface area contributed by atoms with Gasteiger partial charge >= 0.3 is 0 Å². The smallest absolute Gasteiger partial charge is 0.224 e. The Morgan fingerprint density at radius 2 is 1.65 bits per heavy atom. The summed E-state index contributed by atoms with van der Waals surface area (Å²) in [5.41, 5.74) is 0. The summed E-state index contributed by atoms with van der Waals surface area (Å²) < 4.78 is 51.3. The Morgan fingerprint density at radius 3 is 2.23 bits per heavy atom. The normalized spacial score (nSPS) is 23.0. The van der Waals surface area contributed by atoms with Crippen molar-refractivity contribution in [3.05, 3.63) is 47.5 Å². The number of sulfone groups is 1. The van der Waals surface area contributed by atoms with E-state index in [0.29, 0.717) is 31.8 Å². The third-order valence-electron chi connectivity index (χ3n) is 4.98. The van der Waals surface area contributed by atoms with Gasteiger partial charge in [-0.15, -0.1) is 0 Å². The molecule has 1 aliphatic carbocycles. The second kappa shape index (κ2) is 7.46. The molecule has 2 aliphatic rings. The lowest BCUT2D eigenvalue weighted by atomic mass is 9.82. The van der Waals surface area contributed by atoms with Gasteiger partial charge in [-0.1, -0.05) is 42.0 Å². The third kappa shape index (κ3) is 3.91. The number of benzene rings is 1. The van der Waals surface area contributed by atoms with Crippen molar-refractivity contribution in [3.8, 4) is 0 Å². The number of halogens is 1. The topological polar surface area (TPSA) is 71.5 Å². The zero-order valence-corrected chi connectivity index (χ0v) is 16.9. The van der Waals surface area contributed by atoms with E-state index in [-0.39, 0.29) is 15.7 Å². The molecule has 8 heteroatoms. The van der Waals surface area contributed by atoms with E-state index in [2.05, 4.69) is 12.2 Å². The molecule has 1 fully saturated rings. The second-order valence-electron chi connectivity index (χ2n) is 6.74. The van der Waals surface area contributed by atoms with Crippen molar-refractivity contribution in [1.82, 2.24) is 4.31 Å². The Labute approximate surface area is 160 Å². The van der Waals surface area contributed by atoms with Crippen LogP contribution in [0.15, 0.2) is 57.3 Å². The SMILES string of the molecule is CS(=O)(=O)c1ccccc1S(=O)(=O)N1CCC(C2C=CCC=C2Cl)CC1. The molecule has 3 rings (SSSR count). The largest absolute Gasteiger partial charge is 0.244 e.